The van der Waals surface area contributed by atoms with Gasteiger partial charge in [-0.2, -0.15) is 4.31 Å². The maximum atomic E-state index is 13.0. The highest BCUT2D eigenvalue weighted by Crippen LogP contribution is 2.28. The number of sulfonamides is 1. The van der Waals surface area contributed by atoms with Crippen LogP contribution >= 0.6 is 11.6 Å². The van der Waals surface area contributed by atoms with E-state index in [0.717, 1.165) is 24.8 Å². The van der Waals surface area contributed by atoms with Gasteiger partial charge in [0.1, 0.15) is 4.90 Å². The fourth-order valence-electron chi connectivity index (χ4n) is 3.56. The molecular formula is C23H27ClN2O5S. The number of likely N-dealkylation sites (N-methyl/N-ethyl adjacent to an activating group) is 1. The lowest BCUT2D eigenvalue weighted by molar-refractivity contribution is -0.135. The zero-order valence-corrected chi connectivity index (χ0v) is 19.7. The summed E-state index contributed by atoms with van der Waals surface area (Å²) in [6, 6.07) is 13.3. The van der Waals surface area contributed by atoms with E-state index in [9.17, 15) is 18.0 Å². The van der Waals surface area contributed by atoms with Crippen LogP contribution in [0.1, 0.15) is 48.1 Å². The predicted molar refractivity (Wildman–Crippen MR) is 122 cm³/mol. The molecule has 0 spiro atoms. The normalized spacial score (nSPS) is 15.7. The third kappa shape index (κ3) is 5.49. The minimum Gasteiger partial charge on any atom is -0.452 e. The Balaban J connectivity index is 1.68. The predicted octanol–water partition coefficient (Wildman–Crippen LogP) is 3.89. The highest BCUT2D eigenvalue weighted by Gasteiger charge is 2.29. The van der Waals surface area contributed by atoms with Crippen molar-refractivity contribution in [2.24, 2.45) is 0 Å². The number of hydrogen-bond acceptors (Lipinski definition) is 5. The summed E-state index contributed by atoms with van der Waals surface area (Å²) in [7, 11) is -2.18. The Hall–Kier alpha value is -2.42. The van der Waals surface area contributed by atoms with Gasteiger partial charge in [0.05, 0.1) is 16.6 Å². The molecule has 1 unspecified atom stereocenters. The Morgan fingerprint density at radius 1 is 1.09 bits per heavy atom. The zero-order chi connectivity index (χ0) is 23.3. The first kappa shape index (κ1) is 24.2. The lowest BCUT2D eigenvalue weighted by Crippen LogP contribution is -2.36. The van der Waals surface area contributed by atoms with Crippen molar-refractivity contribution in [3.05, 3.63) is 64.7 Å². The molecule has 172 valence electrons. The third-order valence-corrected chi connectivity index (χ3v) is 8.06. The van der Waals surface area contributed by atoms with Gasteiger partial charge in [0.2, 0.25) is 10.0 Å². The summed E-state index contributed by atoms with van der Waals surface area (Å²) in [5.74, 6) is -1.16. The molecule has 1 aliphatic heterocycles. The standard InChI is InChI=1S/C23H27ClN2O5S/c1-17(18-9-5-3-6-10-18)25(2)22(27)16-31-23(28)19-11-12-20(24)21(15-19)32(29,30)26-13-7-4-8-14-26/h3,5-6,9-12,15,17H,4,7-8,13-14,16H2,1-2H3. The molecule has 1 fully saturated rings. The summed E-state index contributed by atoms with van der Waals surface area (Å²) < 4.78 is 32.5. The van der Waals surface area contributed by atoms with E-state index in [1.165, 1.54) is 27.4 Å². The summed E-state index contributed by atoms with van der Waals surface area (Å²) in [5.41, 5.74) is 0.983. The van der Waals surface area contributed by atoms with E-state index >= 15 is 0 Å². The van der Waals surface area contributed by atoms with Gasteiger partial charge in [0.25, 0.3) is 5.91 Å². The van der Waals surface area contributed by atoms with Gasteiger partial charge in [0, 0.05) is 20.1 Å². The fraction of sp³-hybridized carbons (Fsp3) is 0.391. The summed E-state index contributed by atoms with van der Waals surface area (Å²) in [6.07, 6.45) is 2.56. The summed E-state index contributed by atoms with van der Waals surface area (Å²) in [6.45, 7) is 2.27. The Morgan fingerprint density at radius 3 is 2.41 bits per heavy atom. The van der Waals surface area contributed by atoms with Crippen LogP contribution in [0.25, 0.3) is 0 Å². The molecule has 7 nitrogen and oxygen atoms in total. The van der Waals surface area contributed by atoms with E-state index in [1.54, 1.807) is 7.05 Å². The molecule has 1 heterocycles. The number of piperidine rings is 1. The Morgan fingerprint density at radius 2 is 1.75 bits per heavy atom. The van der Waals surface area contributed by atoms with Gasteiger partial charge < -0.3 is 9.64 Å². The monoisotopic (exact) mass is 478 g/mol. The second-order valence-corrected chi connectivity index (χ2v) is 10.1. The van der Waals surface area contributed by atoms with Crippen molar-refractivity contribution < 1.29 is 22.7 Å². The molecule has 1 saturated heterocycles. The number of ether oxygens (including phenoxy) is 1. The van der Waals surface area contributed by atoms with E-state index in [-0.39, 0.29) is 27.4 Å². The Bertz CT molecular complexity index is 1070. The number of rotatable bonds is 7. The van der Waals surface area contributed by atoms with Crippen LogP contribution in [0.15, 0.2) is 53.4 Å². The Kier molecular flexibility index (Phi) is 7.92. The van der Waals surface area contributed by atoms with Gasteiger partial charge in [-0.15, -0.1) is 0 Å². The maximum absolute atomic E-state index is 13.0. The minimum atomic E-state index is -3.82. The van der Waals surface area contributed by atoms with Crippen molar-refractivity contribution >= 4 is 33.5 Å². The van der Waals surface area contributed by atoms with E-state index in [4.69, 9.17) is 16.3 Å². The molecule has 1 amide bonds. The summed E-state index contributed by atoms with van der Waals surface area (Å²) in [5, 5.41) is 0.0413. The van der Waals surface area contributed by atoms with Crippen molar-refractivity contribution in [1.29, 1.82) is 0 Å². The molecule has 1 atom stereocenters. The molecule has 0 aromatic heterocycles. The van der Waals surface area contributed by atoms with Gasteiger partial charge >= 0.3 is 5.97 Å². The van der Waals surface area contributed by atoms with Crippen LogP contribution < -0.4 is 0 Å². The average molecular weight is 479 g/mol. The summed E-state index contributed by atoms with van der Waals surface area (Å²) >= 11 is 6.15. The highest BCUT2D eigenvalue weighted by molar-refractivity contribution is 7.89. The topological polar surface area (TPSA) is 84.0 Å². The molecule has 0 aliphatic carbocycles. The van der Waals surface area contributed by atoms with Gasteiger partial charge in [-0.3, -0.25) is 4.79 Å². The van der Waals surface area contributed by atoms with E-state index < -0.39 is 22.6 Å². The molecule has 9 heteroatoms. The molecule has 1 aliphatic rings. The van der Waals surface area contributed by atoms with Crippen molar-refractivity contribution in [3.63, 3.8) is 0 Å². The number of benzene rings is 2. The smallest absolute Gasteiger partial charge is 0.338 e. The first-order valence-electron chi connectivity index (χ1n) is 10.5. The molecule has 3 rings (SSSR count). The van der Waals surface area contributed by atoms with E-state index in [1.807, 2.05) is 37.3 Å². The van der Waals surface area contributed by atoms with Crippen molar-refractivity contribution in [2.45, 2.75) is 37.1 Å². The lowest BCUT2D eigenvalue weighted by Gasteiger charge is -2.26. The van der Waals surface area contributed by atoms with Crippen LogP contribution in [0.5, 0.6) is 0 Å². The number of amides is 1. The van der Waals surface area contributed by atoms with Gasteiger partial charge in [-0.05, 0) is 43.5 Å². The number of hydrogen-bond donors (Lipinski definition) is 0. The van der Waals surface area contributed by atoms with Gasteiger partial charge in [-0.1, -0.05) is 48.4 Å². The number of carbonyl (C=O) groups excluding carboxylic acids is 2. The zero-order valence-electron chi connectivity index (χ0n) is 18.2. The fourth-order valence-corrected chi connectivity index (χ4v) is 5.57. The largest absolute Gasteiger partial charge is 0.452 e. The SMILES string of the molecule is CC(c1ccccc1)N(C)C(=O)COC(=O)c1ccc(Cl)c(S(=O)(=O)N2CCCCC2)c1. The second kappa shape index (κ2) is 10.5. The van der Waals surface area contributed by atoms with E-state index in [0.29, 0.717) is 13.1 Å². The first-order chi connectivity index (χ1) is 15.2. The molecule has 0 radical (unpaired) electrons. The molecule has 0 saturated carbocycles. The van der Waals surface area contributed by atoms with Crippen LogP contribution in [-0.4, -0.2) is 56.2 Å². The Labute approximate surface area is 194 Å². The van der Waals surface area contributed by atoms with Crippen LogP contribution in [0.4, 0.5) is 0 Å². The minimum absolute atomic E-state index is 0.0246. The number of nitrogens with zero attached hydrogens (tertiary/aromatic N) is 2. The van der Waals surface area contributed by atoms with Gasteiger partial charge in [0.15, 0.2) is 6.61 Å². The van der Waals surface area contributed by atoms with Crippen LogP contribution in [-0.2, 0) is 19.6 Å². The average Bonchev–Trinajstić information content (AvgIpc) is 2.82. The van der Waals surface area contributed by atoms with Crippen LogP contribution in [0, 0.1) is 0 Å². The quantitative estimate of drug-likeness (QED) is 0.563. The second-order valence-electron chi connectivity index (χ2n) is 7.78. The van der Waals surface area contributed by atoms with Crippen LogP contribution in [0.2, 0.25) is 5.02 Å². The summed E-state index contributed by atoms with van der Waals surface area (Å²) in [4.78, 5) is 26.4. The lowest BCUT2D eigenvalue weighted by atomic mass is 10.1. The molecule has 2 aromatic carbocycles. The molecule has 2 aromatic rings. The maximum Gasteiger partial charge on any atom is 0.338 e. The van der Waals surface area contributed by atoms with Crippen molar-refractivity contribution in [3.8, 4) is 0 Å². The van der Waals surface area contributed by atoms with Crippen LogP contribution in [0.3, 0.4) is 0 Å². The molecular weight excluding hydrogens is 452 g/mol. The number of esters is 1. The van der Waals surface area contributed by atoms with Crippen molar-refractivity contribution in [2.75, 3.05) is 26.7 Å². The van der Waals surface area contributed by atoms with Crippen molar-refractivity contribution in [1.82, 2.24) is 9.21 Å². The van der Waals surface area contributed by atoms with E-state index in [2.05, 4.69) is 0 Å². The number of carbonyl (C=O) groups is 2. The first-order valence-corrected chi connectivity index (χ1v) is 12.3. The highest BCUT2D eigenvalue weighted by atomic mass is 35.5. The third-order valence-electron chi connectivity index (χ3n) is 5.68. The van der Waals surface area contributed by atoms with Gasteiger partial charge in [-0.25, -0.2) is 13.2 Å². The number of halogens is 1. The molecule has 32 heavy (non-hydrogen) atoms. The molecule has 0 bridgehead atoms. The molecule has 0 N–H and O–H groups in total.